The zero-order chi connectivity index (χ0) is 103. The van der Waals surface area contributed by atoms with Crippen molar-refractivity contribution in [3.8, 4) is 0 Å². The van der Waals surface area contributed by atoms with Crippen molar-refractivity contribution in [2.75, 3.05) is 0 Å². The minimum atomic E-state index is -0.918. The Labute approximate surface area is 914 Å². The molecule has 25 atom stereocenters. The zero-order valence-electron chi connectivity index (χ0n) is 100. The Morgan fingerprint density at radius 2 is 0.193 bits per heavy atom. The summed E-state index contributed by atoms with van der Waals surface area (Å²) >= 11 is 5.66. The lowest BCUT2D eigenvalue weighted by Gasteiger charge is -2.30. The Balaban J connectivity index is -0.0000000995. The van der Waals surface area contributed by atoms with Gasteiger partial charge in [0.25, 0.3) is 0 Å². The number of rotatable bonds is 0. The molecule has 15 aliphatic carbocycles. The van der Waals surface area contributed by atoms with Gasteiger partial charge < -0.3 is 82.1 Å². The predicted octanol–water partition coefficient (Wildman–Crippen LogP) is 29.3. The molecule has 30 N–H and O–H groups in total. The maximum atomic E-state index is 12.8. The molecule has 15 rings (SSSR count). The summed E-state index contributed by atoms with van der Waals surface area (Å²) in [5, 5.41) is -0.207. The topological polar surface area (TPSA) is 472 Å². The van der Waals surface area contributed by atoms with E-state index in [1.807, 2.05) is 62.3 Å². The standard InChI is InChI=1S/5C8H14F2.4C8H15F.5C8H16.C7H12ClF.15H2O/c5*1-5-3-7(9)6(2)8(10)4-5;4*1-6-3-4-7(2)8(9)5-6;5*1-7-3-5-8(2)6-4-7;1-5-2-3-6(8)7(9)4-5;;;;;;;;;;;;;;;/h5*5-8H,3-4H2,1-2H3;4*6-8H,3-5H2,1-2H3;5*7-8H,3-6H2,1-2H3;5-7H,2-4H2,1H3;15*1H2. The Hall–Kier alpha value is -1.36. The van der Waals surface area contributed by atoms with Crippen LogP contribution in [0, 0.1) is 172 Å². The summed E-state index contributed by atoms with van der Waals surface area (Å²) in [7, 11) is 0. The van der Waals surface area contributed by atoms with Gasteiger partial charge in [-0.3, -0.25) is 0 Å². The quantitative estimate of drug-likeness (QED) is 0.161. The lowest BCUT2D eigenvalue weighted by molar-refractivity contribution is 0.0600. The highest BCUT2D eigenvalue weighted by Gasteiger charge is 2.39. The molecule has 0 aliphatic heterocycles. The van der Waals surface area contributed by atoms with Gasteiger partial charge in [-0.05, 0) is 277 Å². The van der Waals surface area contributed by atoms with Crippen molar-refractivity contribution in [2.45, 2.75) is 588 Å². The first-order valence-electron chi connectivity index (χ1n) is 57.2. The summed E-state index contributed by atoms with van der Waals surface area (Å²) in [5.74, 6) is 13.7. The molecule has 31 heteroatoms. The summed E-state index contributed by atoms with van der Waals surface area (Å²) in [6, 6.07) is 0. The van der Waals surface area contributed by atoms with Crippen LogP contribution in [0.5, 0.6) is 0 Å². The van der Waals surface area contributed by atoms with E-state index in [4.69, 9.17) is 11.6 Å². The molecule has 0 radical (unpaired) electrons. The largest absolute Gasteiger partial charge is 0.412 e. The molecule has 15 nitrogen and oxygen atoms in total. The van der Waals surface area contributed by atoms with Crippen molar-refractivity contribution in [1.82, 2.24) is 0 Å². The smallest absolute Gasteiger partial charge is 0.117 e. The van der Waals surface area contributed by atoms with Crippen LogP contribution in [-0.4, -0.2) is 180 Å². The highest BCUT2D eigenvalue weighted by molar-refractivity contribution is 6.21. The number of halogens is 16. The summed E-state index contributed by atoms with van der Waals surface area (Å²) in [5.41, 5.74) is 0. The van der Waals surface area contributed by atoms with Crippen LogP contribution in [0.4, 0.5) is 65.9 Å². The van der Waals surface area contributed by atoms with Crippen LogP contribution in [0.2, 0.25) is 0 Å². The maximum absolute atomic E-state index is 12.8. The maximum Gasteiger partial charge on any atom is 0.117 e. The highest BCUT2D eigenvalue weighted by atomic mass is 35.5. The van der Waals surface area contributed by atoms with E-state index in [2.05, 4.69) is 104 Å². The van der Waals surface area contributed by atoms with E-state index in [1.54, 1.807) is 34.6 Å². The molecular formula is C119H252ClF15O15. The summed E-state index contributed by atoms with van der Waals surface area (Å²) in [6.45, 7) is 60.1. The van der Waals surface area contributed by atoms with E-state index in [9.17, 15) is 65.9 Å². The molecular weight excluding hydrogens is 1990 g/mol. The minimum Gasteiger partial charge on any atom is -0.412 e. The third-order valence-electron chi connectivity index (χ3n) is 34.9. The molecule has 25 unspecified atom stereocenters. The summed E-state index contributed by atoms with van der Waals surface area (Å²) in [4.78, 5) is 0. The van der Waals surface area contributed by atoms with Gasteiger partial charge in [0, 0.05) is 29.6 Å². The number of hydrogen-bond donors (Lipinski definition) is 0. The van der Waals surface area contributed by atoms with Crippen LogP contribution in [0.15, 0.2) is 0 Å². The van der Waals surface area contributed by atoms with Crippen LogP contribution in [0.3, 0.4) is 0 Å². The Kier molecular flexibility index (Phi) is 120. The normalized spacial score (nSPS) is 40.5. The lowest BCUT2D eigenvalue weighted by atomic mass is 9.81. The number of hydrogen-bond acceptors (Lipinski definition) is 0. The van der Waals surface area contributed by atoms with Crippen molar-refractivity contribution in [1.29, 1.82) is 0 Å². The third kappa shape index (κ3) is 83.0. The second-order valence-electron chi connectivity index (χ2n) is 50.8. The van der Waals surface area contributed by atoms with Gasteiger partial charge in [0.05, 0.1) is 5.38 Å². The fraction of sp³-hybridized carbons (Fsp3) is 1.00. The van der Waals surface area contributed by atoms with Crippen LogP contribution >= 0.6 is 11.6 Å². The van der Waals surface area contributed by atoms with Crippen LogP contribution in [0.25, 0.3) is 0 Å². The van der Waals surface area contributed by atoms with Crippen molar-refractivity contribution in [3.05, 3.63) is 0 Å². The van der Waals surface area contributed by atoms with Gasteiger partial charge in [-0.25, -0.2) is 65.9 Å². The van der Waals surface area contributed by atoms with E-state index in [0.29, 0.717) is 124 Å². The van der Waals surface area contributed by atoms with E-state index < -0.39 is 92.6 Å². The minimum absolute atomic E-state index is 0. The van der Waals surface area contributed by atoms with Gasteiger partial charge in [0.2, 0.25) is 0 Å². The molecule has 15 aliphatic rings. The molecule has 0 spiro atoms. The van der Waals surface area contributed by atoms with Crippen LogP contribution in [0.1, 0.15) is 490 Å². The predicted molar refractivity (Wildman–Crippen MR) is 611 cm³/mol. The Morgan fingerprint density at radius 3 is 0.280 bits per heavy atom. The fourth-order valence-corrected chi connectivity index (χ4v) is 22.1. The van der Waals surface area contributed by atoms with Crippen molar-refractivity contribution in [2.24, 2.45) is 172 Å². The molecule has 0 aromatic heterocycles. The van der Waals surface area contributed by atoms with Crippen molar-refractivity contribution >= 4 is 11.6 Å². The third-order valence-corrected chi connectivity index (χ3v) is 35.4. The van der Waals surface area contributed by atoms with Crippen LogP contribution in [-0.2, 0) is 0 Å². The molecule has 0 bridgehead atoms. The first kappa shape index (κ1) is 181. The molecule has 0 heterocycles. The van der Waals surface area contributed by atoms with Crippen LogP contribution < -0.4 is 0 Å². The van der Waals surface area contributed by atoms with E-state index in [-0.39, 0.29) is 147 Å². The van der Waals surface area contributed by atoms with E-state index in [0.717, 1.165) is 123 Å². The van der Waals surface area contributed by atoms with Gasteiger partial charge >= 0.3 is 0 Å². The van der Waals surface area contributed by atoms with Gasteiger partial charge in [-0.2, -0.15) is 0 Å². The second kappa shape index (κ2) is 99.5. The molecule has 0 aromatic rings. The number of alkyl halides is 16. The fourth-order valence-electron chi connectivity index (χ4n) is 21.9. The lowest BCUT2D eigenvalue weighted by Crippen LogP contribution is -2.32. The summed E-state index contributed by atoms with van der Waals surface area (Å²) < 4.78 is 192. The molecule has 15 saturated carbocycles. The molecule has 0 aromatic carbocycles. The van der Waals surface area contributed by atoms with Gasteiger partial charge in [-0.1, -0.05) is 355 Å². The molecule has 150 heavy (non-hydrogen) atoms. The monoisotopic (exact) mass is 2240 g/mol. The second-order valence-corrected chi connectivity index (χ2v) is 51.3. The Bertz CT molecular complexity index is 2280. The molecule has 0 amide bonds. The van der Waals surface area contributed by atoms with E-state index in [1.165, 1.54) is 154 Å². The average molecular weight is 2240 g/mol. The molecule has 930 valence electrons. The van der Waals surface area contributed by atoms with Crippen molar-refractivity contribution in [3.63, 3.8) is 0 Å². The highest BCUT2D eigenvalue weighted by Crippen LogP contribution is 2.42. The zero-order valence-corrected chi connectivity index (χ0v) is 101. The SMILES string of the molecule is CC1CC(F)C(C)C(F)C1.CC1CC(F)C(C)C(F)C1.CC1CC(F)C(C)C(F)C1.CC1CC(F)C(C)C(F)C1.CC1CC(F)C(C)C(F)C1.CC1CCC(C)C(F)C1.CC1CCC(C)C(F)C1.CC1CCC(C)C(F)C1.CC1CCC(C)C(F)C1.CC1CCC(C)CC1.CC1CCC(C)CC1.CC1CCC(C)CC1.CC1CCC(C)CC1.CC1CCC(C)CC1.CC1CCC(Cl)C(F)C1.O.O.O.O.O.O.O.O.O.O.O.O.O.O.O. The van der Waals surface area contributed by atoms with Crippen molar-refractivity contribution < 1.29 is 148 Å². The molecule has 15 fully saturated rings. The Morgan fingerprint density at radius 1 is 0.107 bits per heavy atom. The average Bonchev–Trinajstić information content (AvgIpc) is 0.874. The van der Waals surface area contributed by atoms with Gasteiger partial charge in [-0.15, -0.1) is 11.6 Å². The molecule has 0 saturated heterocycles. The van der Waals surface area contributed by atoms with Gasteiger partial charge in [0.15, 0.2) is 0 Å². The first-order chi connectivity index (χ1) is 63.0. The van der Waals surface area contributed by atoms with E-state index >= 15 is 0 Å². The first-order valence-corrected chi connectivity index (χ1v) is 57.7. The summed E-state index contributed by atoms with van der Waals surface area (Å²) in [6.07, 6.45) is 37.9. The van der Waals surface area contributed by atoms with Gasteiger partial charge in [0.1, 0.15) is 92.6 Å².